The number of para-hydroxylation sites is 1. The molecule has 0 aliphatic heterocycles. The van der Waals surface area contributed by atoms with Gasteiger partial charge in [-0.3, -0.25) is 0 Å². The molecule has 0 bridgehead atoms. The van der Waals surface area contributed by atoms with Crippen LogP contribution in [-0.2, 0) is 7.05 Å². The van der Waals surface area contributed by atoms with Crippen molar-refractivity contribution in [2.45, 2.75) is 13.8 Å². The highest BCUT2D eigenvalue weighted by molar-refractivity contribution is 7.15. The highest BCUT2D eigenvalue weighted by Gasteiger charge is 2.12. The minimum atomic E-state index is 1.12. The molecule has 0 aliphatic carbocycles. The number of fused-ring (bicyclic) bond motifs is 1. The Hall–Kier alpha value is -1.61. The van der Waals surface area contributed by atoms with Crippen LogP contribution in [0.15, 0.2) is 30.5 Å². The molecule has 0 unspecified atom stereocenters. The Kier molecular flexibility index (Phi) is 2.30. The van der Waals surface area contributed by atoms with Crippen LogP contribution in [0.2, 0.25) is 0 Å². The molecule has 0 fully saturated rings. The van der Waals surface area contributed by atoms with Gasteiger partial charge in [0.2, 0.25) is 0 Å². The maximum atomic E-state index is 4.65. The maximum Gasteiger partial charge on any atom is 0.126 e. The summed E-state index contributed by atoms with van der Waals surface area (Å²) in [6.07, 6.45) is 2.17. The molecule has 0 saturated carbocycles. The van der Waals surface area contributed by atoms with Crippen LogP contribution in [0, 0.1) is 13.8 Å². The molecule has 0 amide bonds. The summed E-state index contributed by atoms with van der Waals surface area (Å²) in [5.74, 6) is 0. The average Bonchev–Trinajstić information content (AvgIpc) is 2.82. The van der Waals surface area contributed by atoms with Crippen molar-refractivity contribution < 1.29 is 0 Å². The van der Waals surface area contributed by atoms with Crippen molar-refractivity contribution in [3.8, 4) is 10.6 Å². The van der Waals surface area contributed by atoms with Gasteiger partial charge < -0.3 is 4.57 Å². The highest BCUT2D eigenvalue weighted by Crippen LogP contribution is 2.33. The monoisotopic (exact) mass is 242 g/mol. The van der Waals surface area contributed by atoms with E-state index in [0.29, 0.717) is 0 Å². The lowest BCUT2D eigenvalue weighted by Crippen LogP contribution is -1.81. The molecule has 2 aromatic heterocycles. The molecule has 3 heteroatoms. The van der Waals surface area contributed by atoms with Gasteiger partial charge in [-0.2, -0.15) is 0 Å². The summed E-state index contributed by atoms with van der Waals surface area (Å²) in [7, 11) is 2.08. The van der Waals surface area contributed by atoms with E-state index in [1.807, 2.05) is 0 Å². The van der Waals surface area contributed by atoms with Gasteiger partial charge in [-0.1, -0.05) is 18.2 Å². The topological polar surface area (TPSA) is 17.8 Å². The molecule has 0 saturated heterocycles. The third-order valence-corrected chi connectivity index (χ3v) is 4.26. The van der Waals surface area contributed by atoms with Crippen molar-refractivity contribution >= 4 is 22.2 Å². The second-order valence-corrected chi connectivity index (χ2v) is 5.53. The summed E-state index contributed by atoms with van der Waals surface area (Å²) < 4.78 is 2.16. The second kappa shape index (κ2) is 3.70. The van der Waals surface area contributed by atoms with Crippen LogP contribution >= 0.6 is 11.3 Å². The molecular weight excluding hydrogens is 228 g/mol. The zero-order valence-corrected chi connectivity index (χ0v) is 11.0. The molecular formula is C14H14N2S. The van der Waals surface area contributed by atoms with Gasteiger partial charge in [0.15, 0.2) is 0 Å². The number of hydrogen-bond donors (Lipinski definition) is 0. The van der Waals surface area contributed by atoms with Crippen LogP contribution in [0.4, 0.5) is 0 Å². The third-order valence-electron chi connectivity index (χ3n) is 3.16. The first-order chi connectivity index (χ1) is 8.16. The summed E-state index contributed by atoms with van der Waals surface area (Å²) in [6.45, 7) is 4.20. The van der Waals surface area contributed by atoms with Crippen molar-refractivity contribution in [1.29, 1.82) is 0 Å². The summed E-state index contributed by atoms with van der Waals surface area (Å²) in [6, 6.07) is 8.46. The fourth-order valence-electron chi connectivity index (χ4n) is 2.10. The van der Waals surface area contributed by atoms with E-state index < -0.39 is 0 Å². The number of aromatic nitrogens is 2. The molecule has 0 atom stereocenters. The standard InChI is InChI=1S/C14H14N2S/c1-9-10(2)17-14(15-9)12-8-16(3)13-7-5-4-6-11(12)13/h4-8H,1-3H3. The van der Waals surface area contributed by atoms with Gasteiger partial charge >= 0.3 is 0 Å². The van der Waals surface area contributed by atoms with E-state index in [-0.39, 0.29) is 0 Å². The molecule has 0 aliphatic rings. The molecule has 0 spiro atoms. The number of hydrogen-bond acceptors (Lipinski definition) is 2. The van der Waals surface area contributed by atoms with Crippen LogP contribution < -0.4 is 0 Å². The van der Waals surface area contributed by atoms with Crippen LogP contribution in [0.3, 0.4) is 0 Å². The first-order valence-corrected chi connectivity index (χ1v) is 6.47. The van der Waals surface area contributed by atoms with E-state index in [2.05, 4.69) is 60.9 Å². The number of aryl methyl sites for hydroxylation is 3. The van der Waals surface area contributed by atoms with E-state index in [1.54, 1.807) is 11.3 Å². The van der Waals surface area contributed by atoms with E-state index in [0.717, 1.165) is 10.7 Å². The first kappa shape index (κ1) is 10.5. The molecule has 2 nitrogen and oxygen atoms in total. The number of rotatable bonds is 1. The average molecular weight is 242 g/mol. The Morgan fingerprint density at radius 2 is 1.94 bits per heavy atom. The Morgan fingerprint density at radius 1 is 1.18 bits per heavy atom. The largest absolute Gasteiger partial charge is 0.350 e. The molecule has 1 aromatic carbocycles. The second-order valence-electron chi connectivity index (χ2n) is 4.33. The zero-order valence-electron chi connectivity index (χ0n) is 10.2. The van der Waals surface area contributed by atoms with Gasteiger partial charge in [-0.15, -0.1) is 11.3 Å². The zero-order chi connectivity index (χ0) is 12.0. The lowest BCUT2D eigenvalue weighted by molar-refractivity contribution is 0.970. The van der Waals surface area contributed by atoms with Crippen molar-refractivity contribution in [3.63, 3.8) is 0 Å². The lowest BCUT2D eigenvalue weighted by atomic mass is 10.2. The van der Waals surface area contributed by atoms with Crippen LogP contribution in [0.25, 0.3) is 21.5 Å². The molecule has 3 aromatic rings. The Morgan fingerprint density at radius 3 is 2.65 bits per heavy atom. The van der Waals surface area contributed by atoms with Crippen molar-refractivity contribution in [3.05, 3.63) is 41.0 Å². The predicted octanol–water partition coefficient (Wildman–Crippen LogP) is 3.92. The van der Waals surface area contributed by atoms with E-state index >= 15 is 0 Å². The van der Waals surface area contributed by atoms with E-state index in [9.17, 15) is 0 Å². The smallest absolute Gasteiger partial charge is 0.126 e. The van der Waals surface area contributed by atoms with E-state index in [1.165, 1.54) is 21.3 Å². The number of thiazole rings is 1. The molecule has 0 radical (unpaired) electrons. The fraction of sp³-hybridized carbons (Fsp3) is 0.214. The quantitative estimate of drug-likeness (QED) is 0.632. The van der Waals surface area contributed by atoms with Crippen LogP contribution in [0.5, 0.6) is 0 Å². The Bertz CT molecular complexity index is 672. The summed E-state index contributed by atoms with van der Waals surface area (Å²) >= 11 is 1.77. The third kappa shape index (κ3) is 1.58. The minimum Gasteiger partial charge on any atom is -0.350 e. The maximum absolute atomic E-state index is 4.65. The Labute approximate surface area is 105 Å². The number of benzene rings is 1. The van der Waals surface area contributed by atoms with Gasteiger partial charge in [-0.05, 0) is 19.9 Å². The summed E-state index contributed by atoms with van der Waals surface area (Å²) in [5, 5.41) is 2.40. The lowest BCUT2D eigenvalue weighted by Gasteiger charge is -1.93. The number of nitrogens with zero attached hydrogens (tertiary/aromatic N) is 2. The van der Waals surface area contributed by atoms with Crippen LogP contribution in [0.1, 0.15) is 10.6 Å². The molecule has 86 valence electrons. The van der Waals surface area contributed by atoms with E-state index in [4.69, 9.17) is 0 Å². The predicted molar refractivity (Wildman–Crippen MR) is 73.5 cm³/mol. The molecule has 17 heavy (non-hydrogen) atoms. The van der Waals surface area contributed by atoms with Gasteiger partial charge in [-0.25, -0.2) is 4.98 Å². The first-order valence-electron chi connectivity index (χ1n) is 5.65. The fourth-order valence-corrected chi connectivity index (χ4v) is 3.04. The normalized spacial score (nSPS) is 11.2. The molecule has 0 N–H and O–H groups in total. The van der Waals surface area contributed by atoms with Gasteiger partial charge in [0.1, 0.15) is 5.01 Å². The minimum absolute atomic E-state index is 1.12. The van der Waals surface area contributed by atoms with Gasteiger partial charge in [0.25, 0.3) is 0 Å². The molecule has 3 rings (SSSR count). The SMILES string of the molecule is Cc1nc(-c2cn(C)c3ccccc23)sc1C. The summed E-state index contributed by atoms with van der Waals surface area (Å²) in [5.41, 5.74) is 3.63. The van der Waals surface area contributed by atoms with Gasteiger partial charge in [0.05, 0.1) is 5.69 Å². The van der Waals surface area contributed by atoms with Crippen molar-refractivity contribution in [2.24, 2.45) is 7.05 Å². The van der Waals surface area contributed by atoms with Gasteiger partial charge in [0, 0.05) is 34.6 Å². The Balaban J connectivity index is 2.30. The molecule has 2 heterocycles. The highest BCUT2D eigenvalue weighted by atomic mass is 32.1. The van der Waals surface area contributed by atoms with Crippen LogP contribution in [-0.4, -0.2) is 9.55 Å². The summed E-state index contributed by atoms with van der Waals surface area (Å²) in [4.78, 5) is 5.95. The van der Waals surface area contributed by atoms with Crippen molar-refractivity contribution in [2.75, 3.05) is 0 Å². The van der Waals surface area contributed by atoms with Crippen molar-refractivity contribution in [1.82, 2.24) is 9.55 Å².